The van der Waals surface area contributed by atoms with Crippen LogP contribution in [0.1, 0.15) is 25.6 Å². The molecule has 1 aromatic carbocycles. The Hall–Kier alpha value is -2.84. The molecule has 23 heavy (non-hydrogen) atoms. The lowest BCUT2D eigenvalue weighted by Crippen LogP contribution is -2.15. The largest absolute Gasteiger partial charge is 0.417 e. The standard InChI is InChI=1S/C14H16FN5O3/c1-8(2)12-16-13(19(3)4)18-14(17-12)23-11-6-5-9(15)7-10(11)20(21)22/h5-8H,1-4H3. The van der Waals surface area contributed by atoms with Crippen LogP contribution in [0.2, 0.25) is 0 Å². The van der Waals surface area contributed by atoms with Crippen molar-refractivity contribution in [3.8, 4) is 11.8 Å². The second-order valence-electron chi connectivity index (χ2n) is 5.30. The van der Waals surface area contributed by atoms with Gasteiger partial charge in [-0.3, -0.25) is 10.1 Å². The first-order chi connectivity index (χ1) is 10.8. The van der Waals surface area contributed by atoms with Gasteiger partial charge in [0, 0.05) is 20.0 Å². The zero-order valence-electron chi connectivity index (χ0n) is 13.1. The summed E-state index contributed by atoms with van der Waals surface area (Å²) in [6.07, 6.45) is 0. The molecule has 2 aromatic rings. The molecule has 0 unspecified atom stereocenters. The summed E-state index contributed by atoms with van der Waals surface area (Å²) in [6, 6.07) is 2.94. The van der Waals surface area contributed by atoms with Crippen LogP contribution in [0.3, 0.4) is 0 Å². The smallest absolute Gasteiger partial charge is 0.327 e. The topological polar surface area (TPSA) is 94.3 Å². The summed E-state index contributed by atoms with van der Waals surface area (Å²) in [6.45, 7) is 3.80. The number of nitro groups is 1. The quantitative estimate of drug-likeness (QED) is 0.617. The molecule has 0 aliphatic rings. The molecule has 0 bridgehead atoms. The van der Waals surface area contributed by atoms with Gasteiger partial charge in [0.1, 0.15) is 11.6 Å². The zero-order valence-corrected chi connectivity index (χ0v) is 13.1. The number of anilines is 1. The number of nitro benzene ring substituents is 1. The summed E-state index contributed by atoms with van der Waals surface area (Å²) >= 11 is 0. The molecule has 0 aliphatic heterocycles. The van der Waals surface area contributed by atoms with Crippen LogP contribution >= 0.6 is 0 Å². The van der Waals surface area contributed by atoms with E-state index in [1.54, 1.807) is 19.0 Å². The first-order valence-electron chi connectivity index (χ1n) is 6.83. The average molecular weight is 321 g/mol. The molecule has 0 saturated carbocycles. The molecule has 2 rings (SSSR count). The predicted octanol–water partition coefficient (Wildman–Crippen LogP) is 2.90. The Morgan fingerprint density at radius 3 is 2.52 bits per heavy atom. The van der Waals surface area contributed by atoms with E-state index >= 15 is 0 Å². The predicted molar refractivity (Wildman–Crippen MR) is 81.4 cm³/mol. The van der Waals surface area contributed by atoms with Gasteiger partial charge in [-0.1, -0.05) is 13.8 Å². The van der Waals surface area contributed by atoms with E-state index in [1.165, 1.54) is 6.07 Å². The van der Waals surface area contributed by atoms with Crippen molar-refractivity contribution in [1.82, 2.24) is 15.0 Å². The highest BCUT2D eigenvalue weighted by molar-refractivity contribution is 5.47. The van der Waals surface area contributed by atoms with Crippen molar-refractivity contribution < 1.29 is 14.1 Å². The van der Waals surface area contributed by atoms with Crippen LogP contribution in [0.25, 0.3) is 0 Å². The molecular formula is C14H16FN5O3. The maximum Gasteiger partial charge on any atom is 0.327 e. The number of ether oxygens (including phenoxy) is 1. The van der Waals surface area contributed by atoms with Crippen LogP contribution in [-0.4, -0.2) is 34.0 Å². The molecule has 0 atom stereocenters. The Kier molecular flexibility index (Phi) is 4.68. The Morgan fingerprint density at radius 2 is 1.96 bits per heavy atom. The summed E-state index contributed by atoms with van der Waals surface area (Å²) in [4.78, 5) is 24.5. The minimum absolute atomic E-state index is 0.0160. The normalized spacial score (nSPS) is 10.7. The van der Waals surface area contributed by atoms with E-state index < -0.39 is 16.4 Å². The van der Waals surface area contributed by atoms with E-state index in [4.69, 9.17) is 4.74 Å². The number of aromatic nitrogens is 3. The number of halogens is 1. The number of nitrogens with zero attached hydrogens (tertiary/aromatic N) is 5. The highest BCUT2D eigenvalue weighted by Crippen LogP contribution is 2.31. The van der Waals surface area contributed by atoms with Crippen molar-refractivity contribution in [2.45, 2.75) is 19.8 Å². The monoisotopic (exact) mass is 321 g/mol. The third-order valence-electron chi connectivity index (χ3n) is 2.86. The van der Waals surface area contributed by atoms with Crippen LogP contribution in [0.5, 0.6) is 11.8 Å². The second kappa shape index (κ2) is 6.51. The van der Waals surface area contributed by atoms with E-state index in [1.807, 2.05) is 13.8 Å². The van der Waals surface area contributed by atoms with Gasteiger partial charge in [0.05, 0.1) is 11.0 Å². The summed E-state index contributed by atoms with van der Waals surface area (Å²) < 4.78 is 18.6. The fraction of sp³-hybridized carbons (Fsp3) is 0.357. The van der Waals surface area contributed by atoms with Crippen molar-refractivity contribution >= 4 is 11.6 Å². The highest BCUT2D eigenvalue weighted by Gasteiger charge is 2.19. The van der Waals surface area contributed by atoms with Gasteiger partial charge in [-0.15, -0.1) is 0 Å². The van der Waals surface area contributed by atoms with Gasteiger partial charge >= 0.3 is 11.7 Å². The molecule has 1 aromatic heterocycles. The molecular weight excluding hydrogens is 305 g/mol. The zero-order chi connectivity index (χ0) is 17.1. The minimum atomic E-state index is -0.726. The maximum atomic E-state index is 13.2. The Bertz CT molecular complexity index is 710. The van der Waals surface area contributed by atoms with E-state index in [9.17, 15) is 14.5 Å². The Morgan fingerprint density at radius 1 is 1.26 bits per heavy atom. The third kappa shape index (κ3) is 3.87. The summed E-state index contributed by atoms with van der Waals surface area (Å²) in [7, 11) is 3.51. The van der Waals surface area contributed by atoms with Crippen LogP contribution in [0.4, 0.5) is 16.0 Å². The van der Waals surface area contributed by atoms with Crippen molar-refractivity contribution in [2.75, 3.05) is 19.0 Å². The first kappa shape index (κ1) is 16.5. The lowest BCUT2D eigenvalue weighted by molar-refractivity contribution is -0.385. The molecule has 8 nitrogen and oxygen atoms in total. The Labute approximate surface area is 132 Å². The van der Waals surface area contributed by atoms with Gasteiger partial charge < -0.3 is 9.64 Å². The lowest BCUT2D eigenvalue weighted by atomic mass is 10.2. The van der Waals surface area contributed by atoms with Gasteiger partial charge in [0.25, 0.3) is 0 Å². The van der Waals surface area contributed by atoms with Gasteiger partial charge in [0.15, 0.2) is 0 Å². The van der Waals surface area contributed by atoms with Crippen molar-refractivity contribution in [1.29, 1.82) is 0 Å². The number of hydrogen-bond acceptors (Lipinski definition) is 7. The summed E-state index contributed by atoms with van der Waals surface area (Å²) in [5.74, 6) is 0.00717. The molecule has 0 radical (unpaired) electrons. The van der Waals surface area contributed by atoms with Gasteiger partial charge in [-0.2, -0.15) is 15.0 Å². The van der Waals surface area contributed by atoms with Gasteiger partial charge in [0.2, 0.25) is 11.7 Å². The van der Waals surface area contributed by atoms with Crippen molar-refractivity contribution in [3.63, 3.8) is 0 Å². The summed E-state index contributed by atoms with van der Waals surface area (Å²) in [5, 5.41) is 11.0. The van der Waals surface area contributed by atoms with Crippen LogP contribution in [0, 0.1) is 15.9 Å². The molecule has 0 fully saturated rings. The van der Waals surface area contributed by atoms with Crippen LogP contribution < -0.4 is 9.64 Å². The molecule has 0 aliphatic carbocycles. The van der Waals surface area contributed by atoms with Gasteiger partial charge in [-0.05, 0) is 12.1 Å². The van der Waals surface area contributed by atoms with Crippen LogP contribution in [-0.2, 0) is 0 Å². The lowest BCUT2D eigenvalue weighted by Gasteiger charge is -2.14. The fourth-order valence-corrected chi connectivity index (χ4v) is 1.68. The van der Waals surface area contributed by atoms with Gasteiger partial charge in [-0.25, -0.2) is 4.39 Å². The third-order valence-corrected chi connectivity index (χ3v) is 2.86. The molecule has 9 heteroatoms. The molecule has 0 saturated heterocycles. The van der Waals surface area contributed by atoms with Crippen LogP contribution in [0.15, 0.2) is 18.2 Å². The maximum absolute atomic E-state index is 13.2. The minimum Gasteiger partial charge on any atom is -0.417 e. The van der Waals surface area contributed by atoms with E-state index in [0.717, 1.165) is 12.1 Å². The van der Waals surface area contributed by atoms with Crippen molar-refractivity contribution in [2.24, 2.45) is 0 Å². The summed E-state index contributed by atoms with van der Waals surface area (Å²) in [5.41, 5.74) is -0.497. The van der Waals surface area contributed by atoms with Crippen molar-refractivity contribution in [3.05, 3.63) is 40.0 Å². The number of hydrogen-bond donors (Lipinski definition) is 0. The SMILES string of the molecule is CC(C)c1nc(Oc2ccc(F)cc2[N+](=O)[O-])nc(N(C)C)n1. The molecule has 1 heterocycles. The molecule has 0 N–H and O–H groups in total. The number of benzene rings is 1. The molecule has 122 valence electrons. The van der Waals surface area contributed by atoms with E-state index in [-0.39, 0.29) is 17.7 Å². The second-order valence-corrected chi connectivity index (χ2v) is 5.30. The number of rotatable bonds is 5. The first-order valence-corrected chi connectivity index (χ1v) is 6.83. The fourth-order valence-electron chi connectivity index (χ4n) is 1.68. The average Bonchev–Trinajstić information content (AvgIpc) is 2.48. The Balaban J connectivity index is 2.46. The van der Waals surface area contributed by atoms with E-state index in [2.05, 4.69) is 15.0 Å². The van der Waals surface area contributed by atoms with E-state index in [0.29, 0.717) is 11.8 Å². The molecule has 0 amide bonds. The highest BCUT2D eigenvalue weighted by atomic mass is 19.1. The molecule has 0 spiro atoms.